The van der Waals surface area contributed by atoms with Gasteiger partial charge in [0.05, 0.1) is 52.3 Å². The van der Waals surface area contributed by atoms with E-state index in [2.05, 4.69) is 20.6 Å². The van der Waals surface area contributed by atoms with Crippen molar-refractivity contribution < 1.29 is 63.5 Å². The Kier molecular flexibility index (Phi) is 17.0. The molecule has 17 nitrogen and oxygen atoms in total. The molecule has 0 aliphatic rings. The van der Waals surface area contributed by atoms with Crippen LogP contribution in [-0.4, -0.2) is 112 Å². The SMILES string of the molecule is COc1cccc(/C=N/OCCO/N=C/c2cccc(OCCOCCOc3cccc(/C=N/OCCO/N=C/c4cccc(OC)c4O)c3O)c2O)c1O. The number of phenolic OH excluding ortho intramolecular Hbond substituents is 4. The van der Waals surface area contributed by atoms with Crippen LogP contribution in [0, 0.1) is 0 Å². The topological polar surface area (TPSA) is 213 Å². The highest BCUT2D eigenvalue weighted by atomic mass is 16.7. The lowest BCUT2D eigenvalue weighted by Crippen LogP contribution is -2.12. The van der Waals surface area contributed by atoms with E-state index in [4.69, 9.17) is 43.0 Å². The Labute approximate surface area is 316 Å². The number of para-hydroxylation sites is 4. The fourth-order valence-electron chi connectivity index (χ4n) is 4.40. The van der Waals surface area contributed by atoms with E-state index in [-0.39, 0.29) is 87.4 Å². The van der Waals surface area contributed by atoms with Gasteiger partial charge in [-0.2, -0.15) is 0 Å². The van der Waals surface area contributed by atoms with E-state index in [9.17, 15) is 20.4 Å². The second kappa shape index (κ2) is 22.9. The van der Waals surface area contributed by atoms with Gasteiger partial charge in [-0.3, -0.25) is 0 Å². The number of ether oxygens (including phenoxy) is 5. The molecule has 0 heterocycles. The van der Waals surface area contributed by atoms with Gasteiger partial charge in [0.2, 0.25) is 0 Å². The van der Waals surface area contributed by atoms with Crippen molar-refractivity contribution in [1.29, 1.82) is 0 Å². The summed E-state index contributed by atoms with van der Waals surface area (Å²) in [7, 11) is 2.91. The molecule has 292 valence electrons. The molecule has 0 spiro atoms. The molecule has 0 atom stereocenters. The molecule has 4 rings (SSSR count). The van der Waals surface area contributed by atoms with Crippen LogP contribution in [0.1, 0.15) is 22.3 Å². The van der Waals surface area contributed by atoms with E-state index in [0.717, 1.165) is 0 Å². The van der Waals surface area contributed by atoms with Gasteiger partial charge in [0.15, 0.2) is 72.4 Å². The van der Waals surface area contributed by atoms with Crippen LogP contribution >= 0.6 is 0 Å². The van der Waals surface area contributed by atoms with Gasteiger partial charge < -0.3 is 63.5 Å². The highest BCUT2D eigenvalue weighted by molar-refractivity contribution is 5.86. The summed E-state index contributed by atoms with van der Waals surface area (Å²) in [6.07, 6.45) is 5.38. The molecule has 0 radical (unpaired) electrons. The maximum atomic E-state index is 10.5. The second-order valence-corrected chi connectivity index (χ2v) is 10.8. The van der Waals surface area contributed by atoms with Crippen molar-refractivity contribution in [2.75, 3.05) is 67.1 Å². The van der Waals surface area contributed by atoms with Gasteiger partial charge in [0.25, 0.3) is 0 Å². The highest BCUT2D eigenvalue weighted by Gasteiger charge is 2.09. The van der Waals surface area contributed by atoms with Crippen LogP contribution in [0.3, 0.4) is 0 Å². The molecule has 0 amide bonds. The number of hydrogen-bond acceptors (Lipinski definition) is 17. The predicted octanol–water partition coefficient (Wildman–Crippen LogP) is 4.80. The second-order valence-electron chi connectivity index (χ2n) is 10.8. The monoisotopic (exact) mass is 762 g/mol. The van der Waals surface area contributed by atoms with Gasteiger partial charge in [-0.05, 0) is 48.5 Å². The van der Waals surface area contributed by atoms with E-state index in [1.54, 1.807) is 72.8 Å². The van der Waals surface area contributed by atoms with Gasteiger partial charge in [-0.25, -0.2) is 0 Å². The Balaban J connectivity index is 1.07. The number of hydrogen-bond donors (Lipinski definition) is 4. The third kappa shape index (κ3) is 13.2. The van der Waals surface area contributed by atoms with Crippen LogP contribution in [-0.2, 0) is 24.1 Å². The van der Waals surface area contributed by atoms with Crippen LogP contribution in [0.5, 0.6) is 46.0 Å². The lowest BCUT2D eigenvalue weighted by atomic mass is 10.2. The van der Waals surface area contributed by atoms with Gasteiger partial charge in [-0.1, -0.05) is 44.9 Å². The van der Waals surface area contributed by atoms with Gasteiger partial charge in [-0.15, -0.1) is 0 Å². The molecule has 55 heavy (non-hydrogen) atoms. The largest absolute Gasteiger partial charge is 0.504 e. The standard InChI is InChI=1S/C38H42N4O13/c1-47-31-11-3-7-27(35(31)43)23-39-52-19-21-54-41-25-29-9-5-13-33(37(29)45)50-17-15-49-16-18-51-34-14-6-10-30(38(34)46)26-42-55-22-20-53-40-24-28-8-4-12-32(48-2)36(28)44/h3-14,23-26,43-46H,15-22H2,1-2H3/b39-23+,40-24+,41-25+,42-26+. The number of nitrogens with zero attached hydrogens (tertiary/aromatic N) is 4. The van der Waals surface area contributed by atoms with Crippen molar-refractivity contribution in [3.63, 3.8) is 0 Å². The van der Waals surface area contributed by atoms with Crippen molar-refractivity contribution in [3.8, 4) is 46.0 Å². The number of rotatable bonds is 24. The summed E-state index contributed by atoms with van der Waals surface area (Å²) in [5.74, 6) is 0.794. The fraction of sp³-hybridized carbons (Fsp3) is 0.263. The summed E-state index contributed by atoms with van der Waals surface area (Å²) in [5, 5.41) is 56.4. The third-order valence-corrected chi connectivity index (χ3v) is 7.13. The highest BCUT2D eigenvalue weighted by Crippen LogP contribution is 2.31. The molecule has 0 aromatic heterocycles. The van der Waals surface area contributed by atoms with E-state index in [0.29, 0.717) is 33.8 Å². The lowest BCUT2D eigenvalue weighted by Gasteiger charge is -2.11. The maximum absolute atomic E-state index is 10.5. The van der Waals surface area contributed by atoms with Gasteiger partial charge in [0, 0.05) is 22.3 Å². The predicted molar refractivity (Wildman–Crippen MR) is 202 cm³/mol. The molecule has 0 saturated carbocycles. The third-order valence-electron chi connectivity index (χ3n) is 7.13. The molecular formula is C38H42N4O13. The van der Waals surface area contributed by atoms with E-state index in [1.165, 1.54) is 39.1 Å². The number of benzene rings is 4. The Morgan fingerprint density at radius 3 is 1.00 bits per heavy atom. The molecular weight excluding hydrogens is 720 g/mol. The Morgan fingerprint density at radius 1 is 0.400 bits per heavy atom. The van der Waals surface area contributed by atoms with Gasteiger partial charge >= 0.3 is 0 Å². The first-order valence-electron chi connectivity index (χ1n) is 16.7. The Hall–Kier alpha value is -6.88. The Morgan fingerprint density at radius 2 is 0.691 bits per heavy atom. The minimum Gasteiger partial charge on any atom is -0.504 e. The van der Waals surface area contributed by atoms with Gasteiger partial charge in [0.1, 0.15) is 13.2 Å². The smallest absolute Gasteiger partial charge is 0.166 e. The molecule has 0 aliphatic heterocycles. The van der Waals surface area contributed by atoms with E-state index in [1.807, 2.05) is 0 Å². The maximum Gasteiger partial charge on any atom is 0.166 e. The van der Waals surface area contributed by atoms with Crippen LogP contribution in [0.25, 0.3) is 0 Å². The summed E-state index contributed by atoms with van der Waals surface area (Å²) >= 11 is 0. The van der Waals surface area contributed by atoms with Crippen LogP contribution in [0.4, 0.5) is 0 Å². The zero-order valence-corrected chi connectivity index (χ0v) is 30.1. The van der Waals surface area contributed by atoms with Crippen molar-refractivity contribution in [3.05, 3.63) is 95.1 Å². The minimum atomic E-state index is -0.119. The molecule has 0 unspecified atom stereocenters. The molecule has 4 N–H and O–H groups in total. The minimum absolute atomic E-state index is 0.0452. The summed E-state index contributed by atoms with van der Waals surface area (Å²) in [5.41, 5.74) is 1.62. The average molecular weight is 763 g/mol. The molecule has 17 heteroatoms. The first-order valence-corrected chi connectivity index (χ1v) is 16.7. The summed E-state index contributed by atoms with van der Waals surface area (Å²) in [6, 6.07) is 19.9. The lowest BCUT2D eigenvalue weighted by molar-refractivity contribution is 0.0553. The summed E-state index contributed by atoms with van der Waals surface area (Å²) in [6.45, 7) is 1.06. The fourth-order valence-corrected chi connectivity index (χ4v) is 4.40. The zero-order valence-electron chi connectivity index (χ0n) is 30.1. The van der Waals surface area contributed by atoms with Crippen molar-refractivity contribution in [1.82, 2.24) is 0 Å². The first-order chi connectivity index (χ1) is 26.9. The zero-order chi connectivity index (χ0) is 39.1. The van der Waals surface area contributed by atoms with Crippen molar-refractivity contribution in [2.24, 2.45) is 20.6 Å². The molecule has 0 saturated heterocycles. The number of methoxy groups -OCH3 is 2. The van der Waals surface area contributed by atoms with Crippen LogP contribution < -0.4 is 18.9 Å². The van der Waals surface area contributed by atoms with E-state index < -0.39 is 0 Å². The Bertz CT molecular complexity index is 1770. The molecule has 0 fully saturated rings. The summed E-state index contributed by atoms with van der Waals surface area (Å²) < 4.78 is 26.9. The number of oxime groups is 4. The van der Waals surface area contributed by atoms with Crippen molar-refractivity contribution in [2.45, 2.75) is 0 Å². The normalized spacial score (nSPS) is 11.4. The average Bonchev–Trinajstić information content (AvgIpc) is 3.19. The summed E-state index contributed by atoms with van der Waals surface area (Å²) in [4.78, 5) is 20.5. The molecule has 0 aliphatic carbocycles. The first kappa shape index (κ1) is 40.9. The number of phenols is 4. The molecule has 4 aromatic rings. The number of aromatic hydroxyl groups is 4. The van der Waals surface area contributed by atoms with Crippen LogP contribution in [0.2, 0.25) is 0 Å². The quantitative estimate of drug-likeness (QED) is 0.0430. The van der Waals surface area contributed by atoms with E-state index >= 15 is 0 Å². The molecule has 0 bridgehead atoms. The van der Waals surface area contributed by atoms with Crippen molar-refractivity contribution >= 4 is 24.9 Å². The van der Waals surface area contributed by atoms with Crippen LogP contribution in [0.15, 0.2) is 93.4 Å². The molecule has 4 aromatic carbocycles.